The van der Waals surface area contributed by atoms with E-state index in [0.717, 1.165) is 10.6 Å². The molecule has 122 valence electrons. The lowest BCUT2D eigenvalue weighted by atomic mass is 10.2. The zero-order valence-corrected chi connectivity index (χ0v) is 14.3. The van der Waals surface area contributed by atoms with Crippen molar-refractivity contribution in [2.75, 3.05) is 32.6 Å². The Labute approximate surface area is 140 Å². The summed E-state index contributed by atoms with van der Waals surface area (Å²) in [7, 11) is 5.55. The van der Waals surface area contributed by atoms with Gasteiger partial charge in [-0.05, 0) is 35.7 Å². The van der Waals surface area contributed by atoms with Crippen molar-refractivity contribution >= 4 is 28.9 Å². The lowest BCUT2D eigenvalue weighted by Gasteiger charge is -2.16. The van der Waals surface area contributed by atoms with Gasteiger partial charge in [0, 0.05) is 31.7 Å². The van der Waals surface area contributed by atoms with Crippen molar-refractivity contribution in [2.45, 2.75) is 6.54 Å². The molecule has 5 nitrogen and oxygen atoms in total. The summed E-state index contributed by atoms with van der Waals surface area (Å²) < 4.78 is 5.09. The number of thiophene rings is 1. The number of carbonyl (C=O) groups excluding carboxylic acids is 2. The number of likely N-dealkylation sites (N-methyl/N-ethyl adjacent to an activating group) is 1. The Morgan fingerprint density at radius 2 is 1.78 bits per heavy atom. The van der Waals surface area contributed by atoms with Crippen LogP contribution in [0.4, 0.5) is 5.69 Å². The average molecular weight is 332 g/mol. The fraction of sp³-hybridized carbons (Fsp3) is 0.294. The Kier molecular flexibility index (Phi) is 5.76. The van der Waals surface area contributed by atoms with Crippen LogP contribution in [0.25, 0.3) is 0 Å². The van der Waals surface area contributed by atoms with Gasteiger partial charge in [0.25, 0.3) is 5.91 Å². The van der Waals surface area contributed by atoms with E-state index in [1.165, 1.54) is 0 Å². The van der Waals surface area contributed by atoms with Gasteiger partial charge in [-0.1, -0.05) is 6.07 Å². The highest BCUT2D eigenvalue weighted by atomic mass is 32.1. The van der Waals surface area contributed by atoms with Gasteiger partial charge in [-0.25, -0.2) is 4.79 Å². The molecule has 0 fully saturated rings. The van der Waals surface area contributed by atoms with Crippen LogP contribution >= 0.6 is 11.3 Å². The molecule has 0 saturated heterocycles. The van der Waals surface area contributed by atoms with E-state index in [1.807, 2.05) is 48.6 Å². The molecular weight excluding hydrogens is 312 g/mol. The molecule has 0 saturated carbocycles. The number of amides is 1. The first-order valence-corrected chi connectivity index (χ1v) is 8.06. The molecule has 0 bridgehead atoms. The molecule has 0 aliphatic carbocycles. The zero-order chi connectivity index (χ0) is 16.8. The summed E-state index contributed by atoms with van der Waals surface area (Å²) in [5.74, 6) is -0.718. The van der Waals surface area contributed by atoms with E-state index in [9.17, 15) is 9.59 Å². The summed E-state index contributed by atoms with van der Waals surface area (Å²) in [6.45, 7) is 0.266. The quantitative estimate of drug-likeness (QED) is 0.763. The van der Waals surface area contributed by atoms with Gasteiger partial charge < -0.3 is 14.5 Å². The third-order valence-electron chi connectivity index (χ3n) is 3.35. The van der Waals surface area contributed by atoms with Gasteiger partial charge in [-0.15, -0.1) is 11.3 Å². The zero-order valence-electron chi connectivity index (χ0n) is 13.5. The number of benzene rings is 1. The van der Waals surface area contributed by atoms with Gasteiger partial charge in [-0.3, -0.25) is 4.79 Å². The Hall–Kier alpha value is -2.34. The lowest BCUT2D eigenvalue weighted by molar-refractivity contribution is -0.133. The molecule has 2 aromatic rings. The number of esters is 1. The second-order valence-corrected chi connectivity index (χ2v) is 6.38. The van der Waals surface area contributed by atoms with Crippen molar-refractivity contribution in [3.05, 3.63) is 52.2 Å². The minimum Gasteiger partial charge on any atom is -0.452 e. The molecule has 1 aromatic heterocycles. The first kappa shape index (κ1) is 17.0. The summed E-state index contributed by atoms with van der Waals surface area (Å²) in [4.78, 5) is 28.5. The number of rotatable bonds is 6. The number of anilines is 1. The van der Waals surface area contributed by atoms with Crippen LogP contribution in [0.2, 0.25) is 0 Å². The molecule has 0 atom stereocenters. The molecule has 2 rings (SSSR count). The van der Waals surface area contributed by atoms with Gasteiger partial charge in [0.1, 0.15) is 0 Å². The Morgan fingerprint density at radius 3 is 2.35 bits per heavy atom. The summed E-state index contributed by atoms with van der Waals surface area (Å²) in [6.07, 6.45) is 0. The monoisotopic (exact) mass is 332 g/mol. The molecular formula is C17H20N2O3S. The van der Waals surface area contributed by atoms with Crippen molar-refractivity contribution in [1.82, 2.24) is 4.90 Å². The van der Waals surface area contributed by atoms with Crippen LogP contribution in [0, 0.1) is 0 Å². The molecule has 0 N–H and O–H groups in total. The summed E-state index contributed by atoms with van der Waals surface area (Å²) in [5.41, 5.74) is 1.43. The van der Waals surface area contributed by atoms with Crippen molar-refractivity contribution < 1.29 is 14.3 Å². The van der Waals surface area contributed by atoms with E-state index in [2.05, 4.69) is 0 Å². The smallest absolute Gasteiger partial charge is 0.338 e. The maximum atomic E-state index is 12.0. The predicted octanol–water partition coefficient (Wildman–Crippen LogP) is 2.63. The fourth-order valence-corrected chi connectivity index (χ4v) is 2.70. The van der Waals surface area contributed by atoms with E-state index in [0.29, 0.717) is 12.1 Å². The summed E-state index contributed by atoms with van der Waals surface area (Å²) >= 11 is 1.59. The SMILES string of the molecule is CN(Cc1cccs1)C(=O)COC(=O)c1ccc(N(C)C)cc1. The second kappa shape index (κ2) is 7.78. The standard InChI is InChI=1S/C17H20N2O3S/c1-18(2)14-8-6-13(7-9-14)17(21)22-12-16(20)19(3)11-15-5-4-10-23-15/h4-10H,11-12H2,1-3H3. The topological polar surface area (TPSA) is 49.9 Å². The molecule has 0 radical (unpaired) electrons. The van der Waals surface area contributed by atoms with Gasteiger partial charge in [0.2, 0.25) is 0 Å². The first-order valence-electron chi connectivity index (χ1n) is 7.18. The van der Waals surface area contributed by atoms with Crippen LogP contribution in [0.5, 0.6) is 0 Å². The third kappa shape index (κ3) is 4.82. The Morgan fingerprint density at radius 1 is 1.09 bits per heavy atom. The maximum Gasteiger partial charge on any atom is 0.338 e. The van der Waals surface area contributed by atoms with Crippen LogP contribution in [-0.2, 0) is 16.1 Å². The number of hydrogen-bond acceptors (Lipinski definition) is 5. The molecule has 23 heavy (non-hydrogen) atoms. The lowest BCUT2D eigenvalue weighted by Crippen LogP contribution is -2.30. The van der Waals surface area contributed by atoms with E-state index in [1.54, 1.807) is 35.4 Å². The average Bonchev–Trinajstić information content (AvgIpc) is 3.05. The van der Waals surface area contributed by atoms with E-state index < -0.39 is 5.97 Å². The summed E-state index contributed by atoms with van der Waals surface area (Å²) in [5, 5.41) is 1.96. The second-order valence-electron chi connectivity index (χ2n) is 5.35. The van der Waals surface area contributed by atoms with E-state index in [-0.39, 0.29) is 12.5 Å². The molecule has 0 aliphatic rings. The number of nitrogens with zero attached hydrogens (tertiary/aromatic N) is 2. The van der Waals surface area contributed by atoms with Crippen LogP contribution < -0.4 is 4.90 Å². The van der Waals surface area contributed by atoms with Crippen molar-refractivity contribution in [3.63, 3.8) is 0 Å². The van der Waals surface area contributed by atoms with Gasteiger partial charge in [-0.2, -0.15) is 0 Å². The minimum absolute atomic E-state index is 0.225. The third-order valence-corrected chi connectivity index (χ3v) is 4.21. The van der Waals surface area contributed by atoms with Crippen LogP contribution in [0.1, 0.15) is 15.2 Å². The molecule has 6 heteroatoms. The normalized spacial score (nSPS) is 10.2. The van der Waals surface area contributed by atoms with Crippen molar-refractivity contribution in [3.8, 4) is 0 Å². The highest BCUT2D eigenvalue weighted by Gasteiger charge is 2.14. The highest BCUT2D eigenvalue weighted by molar-refractivity contribution is 7.09. The molecule has 0 aliphatic heterocycles. The van der Waals surface area contributed by atoms with E-state index >= 15 is 0 Å². The Bertz CT molecular complexity index is 651. The van der Waals surface area contributed by atoms with Gasteiger partial charge >= 0.3 is 5.97 Å². The molecule has 1 amide bonds. The van der Waals surface area contributed by atoms with E-state index in [4.69, 9.17) is 4.74 Å². The Balaban J connectivity index is 1.84. The predicted molar refractivity (Wildman–Crippen MR) is 91.8 cm³/mol. The number of hydrogen-bond donors (Lipinski definition) is 0. The van der Waals surface area contributed by atoms with Crippen LogP contribution in [-0.4, -0.2) is 44.5 Å². The largest absolute Gasteiger partial charge is 0.452 e. The van der Waals surface area contributed by atoms with Crippen molar-refractivity contribution in [2.24, 2.45) is 0 Å². The maximum absolute atomic E-state index is 12.0. The minimum atomic E-state index is -0.492. The summed E-state index contributed by atoms with van der Waals surface area (Å²) in [6, 6.07) is 11.0. The van der Waals surface area contributed by atoms with Gasteiger partial charge in [0.05, 0.1) is 12.1 Å². The van der Waals surface area contributed by atoms with Crippen molar-refractivity contribution in [1.29, 1.82) is 0 Å². The number of carbonyl (C=O) groups is 2. The van der Waals surface area contributed by atoms with Crippen LogP contribution in [0.15, 0.2) is 41.8 Å². The first-order chi connectivity index (χ1) is 11.0. The number of ether oxygens (including phenoxy) is 1. The molecule has 1 heterocycles. The fourth-order valence-electron chi connectivity index (χ4n) is 1.94. The highest BCUT2D eigenvalue weighted by Crippen LogP contribution is 2.13. The van der Waals surface area contributed by atoms with Gasteiger partial charge in [0.15, 0.2) is 6.61 Å². The van der Waals surface area contributed by atoms with Crippen LogP contribution in [0.3, 0.4) is 0 Å². The molecule has 1 aromatic carbocycles. The molecule has 0 spiro atoms. The molecule has 0 unspecified atom stereocenters.